The van der Waals surface area contributed by atoms with Crippen LogP contribution >= 0.6 is 0 Å². The monoisotopic (exact) mass is 456 g/mol. The van der Waals surface area contributed by atoms with Gasteiger partial charge in [0.2, 0.25) is 5.91 Å². The first-order chi connectivity index (χ1) is 16.6. The largest absolute Gasteiger partial charge is 0.481 e. The molecular formula is C28H28N2O4. The highest BCUT2D eigenvalue weighted by Crippen LogP contribution is 2.42. The summed E-state index contributed by atoms with van der Waals surface area (Å²) in [7, 11) is 1.33. The number of ether oxygens (including phenoxy) is 2. The molecule has 1 heterocycles. The Morgan fingerprint density at radius 2 is 1.85 bits per heavy atom. The lowest BCUT2D eigenvalue weighted by molar-refractivity contribution is -0.142. The van der Waals surface area contributed by atoms with Crippen molar-refractivity contribution in [3.63, 3.8) is 0 Å². The highest BCUT2D eigenvalue weighted by Gasteiger charge is 2.31. The zero-order chi connectivity index (χ0) is 23.7. The molecular weight excluding hydrogens is 428 g/mol. The topological polar surface area (TPSA) is 83.6 Å². The van der Waals surface area contributed by atoms with E-state index in [0.717, 1.165) is 41.4 Å². The Kier molecular flexibility index (Phi) is 5.97. The van der Waals surface area contributed by atoms with Crippen LogP contribution in [0.3, 0.4) is 0 Å². The number of amides is 1. The zero-order valence-electron chi connectivity index (χ0n) is 19.3. The molecule has 0 saturated carbocycles. The molecule has 3 aromatic carbocycles. The van der Waals surface area contributed by atoms with Gasteiger partial charge in [0.15, 0.2) is 6.61 Å². The lowest BCUT2D eigenvalue weighted by atomic mass is 9.92. The number of aromatic nitrogens is 1. The number of carbonyl (C=O) groups is 2. The van der Waals surface area contributed by atoms with Gasteiger partial charge >= 0.3 is 5.97 Å². The first-order valence-corrected chi connectivity index (χ1v) is 11.7. The van der Waals surface area contributed by atoms with E-state index >= 15 is 0 Å². The van der Waals surface area contributed by atoms with Crippen molar-refractivity contribution in [1.82, 2.24) is 4.57 Å². The molecule has 1 unspecified atom stereocenters. The van der Waals surface area contributed by atoms with Crippen molar-refractivity contribution in [3.8, 4) is 5.75 Å². The molecule has 0 saturated heterocycles. The second kappa shape index (κ2) is 9.21. The molecule has 6 heteroatoms. The van der Waals surface area contributed by atoms with E-state index in [-0.39, 0.29) is 18.4 Å². The molecule has 0 spiro atoms. The maximum Gasteiger partial charge on any atom is 0.343 e. The normalized spacial score (nSPS) is 15.6. The third-order valence-electron chi connectivity index (χ3n) is 6.78. The number of hydrogen-bond donors (Lipinski definition) is 1. The molecule has 1 atom stereocenters. The number of benzene rings is 3. The van der Waals surface area contributed by atoms with Gasteiger partial charge in [-0.05, 0) is 59.4 Å². The Labute approximate surface area is 198 Å². The molecule has 5 rings (SSSR count). The third kappa shape index (κ3) is 4.00. The SMILES string of the molecule is COC(=O)COc1cccc2c1c1c(n2Cc2ccc3ccccc3c2)CCCCC1C(N)=O. The summed E-state index contributed by atoms with van der Waals surface area (Å²) in [4.78, 5) is 24.3. The van der Waals surface area contributed by atoms with Crippen LogP contribution in [0.15, 0.2) is 60.7 Å². The lowest BCUT2D eigenvalue weighted by Crippen LogP contribution is -2.21. The van der Waals surface area contributed by atoms with Crippen LogP contribution in [-0.4, -0.2) is 30.2 Å². The summed E-state index contributed by atoms with van der Waals surface area (Å²) in [6, 6.07) is 20.6. The van der Waals surface area contributed by atoms with Gasteiger partial charge < -0.3 is 19.8 Å². The van der Waals surface area contributed by atoms with Gasteiger partial charge in [-0.2, -0.15) is 0 Å². The Hall–Kier alpha value is -3.80. The summed E-state index contributed by atoms with van der Waals surface area (Å²) in [5.41, 5.74) is 10.1. The van der Waals surface area contributed by atoms with Gasteiger partial charge in [0, 0.05) is 17.6 Å². The lowest BCUT2D eigenvalue weighted by Gasteiger charge is -2.14. The number of carbonyl (C=O) groups excluding carboxylic acids is 2. The van der Waals surface area contributed by atoms with Gasteiger partial charge in [0.25, 0.3) is 0 Å². The number of nitrogens with zero attached hydrogens (tertiary/aromatic N) is 1. The summed E-state index contributed by atoms with van der Waals surface area (Å²) in [6.07, 6.45) is 3.49. The molecule has 174 valence electrons. The smallest absolute Gasteiger partial charge is 0.343 e. The Morgan fingerprint density at radius 3 is 2.65 bits per heavy atom. The van der Waals surface area contributed by atoms with Crippen molar-refractivity contribution in [3.05, 3.63) is 77.5 Å². The maximum atomic E-state index is 12.5. The molecule has 1 aromatic heterocycles. The minimum atomic E-state index is -0.454. The predicted octanol–water partition coefficient (Wildman–Crippen LogP) is 4.69. The van der Waals surface area contributed by atoms with Gasteiger partial charge in [-0.1, -0.05) is 48.9 Å². The van der Waals surface area contributed by atoms with Crippen molar-refractivity contribution in [1.29, 1.82) is 0 Å². The van der Waals surface area contributed by atoms with E-state index in [2.05, 4.69) is 34.9 Å². The van der Waals surface area contributed by atoms with Crippen molar-refractivity contribution >= 4 is 33.6 Å². The molecule has 0 bridgehead atoms. The average Bonchev–Trinajstić information content (AvgIpc) is 3.00. The number of hydrogen-bond acceptors (Lipinski definition) is 4. The Bertz CT molecular complexity index is 1390. The van der Waals surface area contributed by atoms with Crippen molar-refractivity contribution in [2.24, 2.45) is 5.73 Å². The molecule has 1 amide bonds. The number of esters is 1. The molecule has 0 radical (unpaired) electrons. The molecule has 0 fully saturated rings. The van der Waals surface area contributed by atoms with Gasteiger partial charge in [-0.25, -0.2) is 4.79 Å². The highest BCUT2D eigenvalue weighted by atomic mass is 16.6. The maximum absolute atomic E-state index is 12.5. The van der Waals surface area contributed by atoms with Crippen LogP contribution < -0.4 is 10.5 Å². The average molecular weight is 457 g/mol. The van der Waals surface area contributed by atoms with E-state index in [4.69, 9.17) is 15.2 Å². The third-order valence-corrected chi connectivity index (χ3v) is 6.78. The molecule has 6 nitrogen and oxygen atoms in total. The molecule has 1 aliphatic carbocycles. The first-order valence-electron chi connectivity index (χ1n) is 11.7. The minimum absolute atomic E-state index is 0.193. The number of primary amides is 1. The van der Waals surface area contributed by atoms with Crippen LogP contribution in [0.5, 0.6) is 5.75 Å². The fraction of sp³-hybridized carbons (Fsp3) is 0.286. The van der Waals surface area contributed by atoms with Crippen LogP contribution in [0.2, 0.25) is 0 Å². The van der Waals surface area contributed by atoms with E-state index < -0.39 is 5.97 Å². The fourth-order valence-corrected chi connectivity index (χ4v) is 5.18. The van der Waals surface area contributed by atoms with Crippen LogP contribution in [0.1, 0.15) is 42.0 Å². The summed E-state index contributed by atoms with van der Waals surface area (Å²) >= 11 is 0. The van der Waals surface area contributed by atoms with E-state index in [1.54, 1.807) is 0 Å². The zero-order valence-corrected chi connectivity index (χ0v) is 19.3. The standard InChI is InChI=1S/C28H28N2O4/c1-33-25(31)17-34-24-12-6-11-23-27(24)26-21(28(29)32)9-4-5-10-22(26)30(23)16-18-13-14-19-7-2-3-8-20(19)15-18/h2-3,6-8,11-15,21H,4-5,9-10,16-17H2,1H3,(H2,29,32). The summed E-state index contributed by atoms with van der Waals surface area (Å²) in [5.74, 6) is -0.592. The summed E-state index contributed by atoms with van der Waals surface area (Å²) < 4.78 is 12.9. The van der Waals surface area contributed by atoms with Crippen molar-refractivity contribution < 1.29 is 19.1 Å². The molecule has 1 aliphatic rings. The fourth-order valence-electron chi connectivity index (χ4n) is 5.18. The molecule has 2 N–H and O–H groups in total. The molecule has 0 aliphatic heterocycles. The van der Waals surface area contributed by atoms with Crippen LogP contribution in [0.4, 0.5) is 0 Å². The van der Waals surface area contributed by atoms with E-state index in [9.17, 15) is 9.59 Å². The number of fused-ring (bicyclic) bond motifs is 4. The van der Waals surface area contributed by atoms with Crippen LogP contribution in [-0.2, 0) is 27.3 Å². The van der Waals surface area contributed by atoms with Crippen LogP contribution in [0, 0.1) is 0 Å². The number of rotatable bonds is 6. The van der Waals surface area contributed by atoms with Crippen LogP contribution in [0.25, 0.3) is 21.7 Å². The van der Waals surface area contributed by atoms with E-state index in [0.29, 0.717) is 18.7 Å². The molecule has 34 heavy (non-hydrogen) atoms. The van der Waals surface area contributed by atoms with Gasteiger partial charge in [-0.15, -0.1) is 0 Å². The van der Waals surface area contributed by atoms with Gasteiger partial charge in [0.1, 0.15) is 5.75 Å². The summed E-state index contributed by atoms with van der Waals surface area (Å²) in [6.45, 7) is 0.476. The van der Waals surface area contributed by atoms with E-state index in [1.807, 2.05) is 30.3 Å². The Morgan fingerprint density at radius 1 is 1.03 bits per heavy atom. The second-order valence-electron chi connectivity index (χ2n) is 8.84. The predicted molar refractivity (Wildman–Crippen MR) is 132 cm³/mol. The number of methoxy groups -OCH3 is 1. The van der Waals surface area contributed by atoms with Crippen molar-refractivity contribution in [2.45, 2.75) is 38.1 Å². The van der Waals surface area contributed by atoms with Gasteiger partial charge in [0.05, 0.1) is 18.5 Å². The minimum Gasteiger partial charge on any atom is -0.481 e. The highest BCUT2D eigenvalue weighted by molar-refractivity contribution is 5.97. The first kappa shape index (κ1) is 22.0. The quantitative estimate of drug-likeness (QED) is 0.337. The molecule has 4 aromatic rings. The number of nitrogens with two attached hydrogens (primary N) is 1. The second-order valence-corrected chi connectivity index (χ2v) is 8.84. The Balaban J connectivity index is 1.68. The van der Waals surface area contributed by atoms with Crippen molar-refractivity contribution in [2.75, 3.05) is 13.7 Å². The van der Waals surface area contributed by atoms with Gasteiger partial charge in [-0.3, -0.25) is 4.79 Å². The summed E-state index contributed by atoms with van der Waals surface area (Å²) in [5, 5.41) is 3.27. The van der Waals surface area contributed by atoms with E-state index in [1.165, 1.54) is 23.4 Å².